The van der Waals surface area contributed by atoms with E-state index >= 15 is 0 Å². The first-order valence-corrected chi connectivity index (χ1v) is 7.61. The summed E-state index contributed by atoms with van der Waals surface area (Å²) in [6, 6.07) is 8.44. The number of benzene rings is 1. The van der Waals surface area contributed by atoms with Crippen molar-refractivity contribution in [1.29, 1.82) is 0 Å². The maximum atomic E-state index is 6.06. The number of halogens is 1. The molecular weight excluding hydrogens is 290 g/mol. The normalized spacial score (nSPS) is 11.2. The SMILES string of the molecule is CCc1sc2nc(Cl)nc(N)c2c1-c1ccc(C)cc1. The number of nitrogens with zero attached hydrogens (tertiary/aromatic N) is 2. The van der Waals surface area contributed by atoms with Gasteiger partial charge in [-0.1, -0.05) is 36.8 Å². The van der Waals surface area contributed by atoms with E-state index in [-0.39, 0.29) is 5.28 Å². The minimum atomic E-state index is 0.203. The summed E-state index contributed by atoms with van der Waals surface area (Å²) in [5.41, 5.74) is 9.59. The molecule has 0 fully saturated rings. The average Bonchev–Trinajstić information content (AvgIpc) is 2.78. The van der Waals surface area contributed by atoms with Crippen LogP contribution in [0.3, 0.4) is 0 Å². The number of nitrogen functional groups attached to an aromatic ring is 1. The highest BCUT2D eigenvalue weighted by Gasteiger charge is 2.17. The van der Waals surface area contributed by atoms with Crippen LogP contribution in [0.2, 0.25) is 5.28 Å². The van der Waals surface area contributed by atoms with E-state index < -0.39 is 0 Å². The van der Waals surface area contributed by atoms with Gasteiger partial charge < -0.3 is 5.73 Å². The van der Waals surface area contributed by atoms with E-state index in [4.69, 9.17) is 17.3 Å². The molecule has 0 bridgehead atoms. The maximum Gasteiger partial charge on any atom is 0.225 e. The van der Waals surface area contributed by atoms with Gasteiger partial charge in [-0.3, -0.25) is 0 Å². The van der Waals surface area contributed by atoms with E-state index in [1.54, 1.807) is 11.3 Å². The summed E-state index contributed by atoms with van der Waals surface area (Å²) < 4.78 is 0. The van der Waals surface area contributed by atoms with Crippen LogP contribution in [0.15, 0.2) is 24.3 Å². The van der Waals surface area contributed by atoms with Crippen molar-refractivity contribution < 1.29 is 0 Å². The number of aromatic nitrogens is 2. The van der Waals surface area contributed by atoms with Gasteiger partial charge >= 0.3 is 0 Å². The number of hydrogen-bond donors (Lipinski definition) is 1. The molecule has 0 aliphatic heterocycles. The molecule has 0 saturated carbocycles. The summed E-state index contributed by atoms with van der Waals surface area (Å²) in [4.78, 5) is 10.5. The average molecular weight is 304 g/mol. The maximum absolute atomic E-state index is 6.06. The Labute approximate surface area is 126 Å². The summed E-state index contributed by atoms with van der Waals surface area (Å²) in [6.07, 6.45) is 0.932. The molecule has 3 aromatic rings. The minimum absolute atomic E-state index is 0.203. The largest absolute Gasteiger partial charge is 0.383 e. The van der Waals surface area contributed by atoms with Gasteiger partial charge in [0.1, 0.15) is 10.6 Å². The number of aryl methyl sites for hydroxylation is 2. The van der Waals surface area contributed by atoms with E-state index in [1.807, 2.05) is 0 Å². The van der Waals surface area contributed by atoms with Crippen molar-refractivity contribution in [1.82, 2.24) is 9.97 Å². The number of hydrogen-bond acceptors (Lipinski definition) is 4. The Kier molecular flexibility index (Phi) is 3.36. The van der Waals surface area contributed by atoms with Crippen LogP contribution >= 0.6 is 22.9 Å². The van der Waals surface area contributed by atoms with Crippen LogP contribution in [-0.4, -0.2) is 9.97 Å². The van der Waals surface area contributed by atoms with Crippen molar-refractivity contribution in [3.63, 3.8) is 0 Å². The molecule has 3 nitrogen and oxygen atoms in total. The summed E-state index contributed by atoms with van der Waals surface area (Å²) in [5.74, 6) is 0.450. The number of anilines is 1. The molecule has 0 saturated heterocycles. The van der Waals surface area contributed by atoms with Gasteiger partial charge in [0.2, 0.25) is 5.28 Å². The van der Waals surface area contributed by atoms with Crippen molar-refractivity contribution >= 4 is 39.0 Å². The minimum Gasteiger partial charge on any atom is -0.383 e. The Bertz CT molecular complexity index is 778. The van der Waals surface area contributed by atoms with Gasteiger partial charge in [0.15, 0.2) is 0 Å². The van der Waals surface area contributed by atoms with Crippen molar-refractivity contribution in [3.8, 4) is 11.1 Å². The molecule has 20 heavy (non-hydrogen) atoms. The fourth-order valence-electron chi connectivity index (χ4n) is 2.32. The zero-order valence-corrected chi connectivity index (χ0v) is 12.8. The molecule has 102 valence electrons. The van der Waals surface area contributed by atoms with E-state index in [1.165, 1.54) is 10.4 Å². The van der Waals surface area contributed by atoms with Crippen molar-refractivity contribution in [2.75, 3.05) is 5.73 Å². The fraction of sp³-hybridized carbons (Fsp3) is 0.200. The molecule has 2 N–H and O–H groups in total. The van der Waals surface area contributed by atoms with Crippen LogP contribution in [0.1, 0.15) is 17.4 Å². The Hall–Kier alpha value is -1.65. The highest BCUT2D eigenvalue weighted by Crippen LogP contribution is 2.40. The smallest absolute Gasteiger partial charge is 0.225 e. The molecule has 0 atom stereocenters. The quantitative estimate of drug-likeness (QED) is 0.711. The number of rotatable bonds is 2. The lowest BCUT2D eigenvalue weighted by Gasteiger charge is -2.05. The Balaban J connectivity index is 2.35. The first-order valence-electron chi connectivity index (χ1n) is 6.41. The highest BCUT2D eigenvalue weighted by molar-refractivity contribution is 7.19. The van der Waals surface area contributed by atoms with Gasteiger partial charge in [0.05, 0.1) is 5.39 Å². The second-order valence-corrected chi connectivity index (χ2v) is 6.10. The zero-order valence-electron chi connectivity index (χ0n) is 11.3. The van der Waals surface area contributed by atoms with Gasteiger partial charge in [-0.25, -0.2) is 9.97 Å². The molecule has 0 unspecified atom stereocenters. The monoisotopic (exact) mass is 303 g/mol. The van der Waals surface area contributed by atoms with E-state index in [9.17, 15) is 0 Å². The number of fused-ring (bicyclic) bond motifs is 1. The third kappa shape index (κ3) is 2.15. The topological polar surface area (TPSA) is 51.8 Å². The molecule has 1 aromatic carbocycles. The van der Waals surface area contributed by atoms with Crippen molar-refractivity contribution in [2.45, 2.75) is 20.3 Å². The Morgan fingerprint density at radius 1 is 1.20 bits per heavy atom. The molecule has 2 heterocycles. The fourth-order valence-corrected chi connectivity index (χ4v) is 3.69. The lowest BCUT2D eigenvalue weighted by Crippen LogP contribution is -1.94. The van der Waals surface area contributed by atoms with E-state index in [0.717, 1.165) is 27.8 Å². The first-order chi connectivity index (χ1) is 9.60. The zero-order chi connectivity index (χ0) is 14.3. The van der Waals surface area contributed by atoms with E-state index in [2.05, 4.69) is 48.1 Å². The summed E-state index contributed by atoms with van der Waals surface area (Å²) >= 11 is 7.54. The molecule has 0 radical (unpaired) electrons. The molecule has 3 rings (SSSR count). The van der Waals surface area contributed by atoms with Crippen LogP contribution in [0.25, 0.3) is 21.3 Å². The number of nitrogens with two attached hydrogens (primary N) is 1. The van der Waals surface area contributed by atoms with Crippen LogP contribution in [0.4, 0.5) is 5.82 Å². The van der Waals surface area contributed by atoms with Gasteiger partial charge in [0, 0.05) is 10.4 Å². The number of thiophene rings is 1. The molecule has 0 amide bonds. The highest BCUT2D eigenvalue weighted by atomic mass is 35.5. The van der Waals surface area contributed by atoms with Gasteiger partial charge in [-0.15, -0.1) is 11.3 Å². The van der Waals surface area contributed by atoms with Gasteiger partial charge in [0.25, 0.3) is 0 Å². The van der Waals surface area contributed by atoms with Gasteiger partial charge in [-0.05, 0) is 30.5 Å². The predicted octanol–water partition coefficient (Wildman–Crippen LogP) is 4.46. The lowest BCUT2D eigenvalue weighted by atomic mass is 10.0. The Morgan fingerprint density at radius 3 is 2.55 bits per heavy atom. The second-order valence-electron chi connectivity index (χ2n) is 4.68. The molecule has 0 aliphatic carbocycles. The first kappa shape index (κ1) is 13.3. The summed E-state index contributed by atoms with van der Waals surface area (Å²) in [6.45, 7) is 4.21. The van der Waals surface area contributed by atoms with Crippen LogP contribution in [0.5, 0.6) is 0 Å². The standard InChI is InChI=1S/C15H14ClN3S/c1-3-10-11(9-6-4-8(2)5-7-9)12-13(17)18-15(16)19-14(12)20-10/h4-7H,3H2,1-2H3,(H2,17,18,19). The molecular formula is C15H14ClN3S. The van der Waals surface area contributed by atoms with E-state index in [0.29, 0.717) is 5.82 Å². The Morgan fingerprint density at radius 2 is 1.90 bits per heavy atom. The van der Waals surface area contributed by atoms with Crippen LogP contribution < -0.4 is 5.73 Å². The summed E-state index contributed by atoms with van der Waals surface area (Å²) in [7, 11) is 0. The molecule has 0 aliphatic rings. The third-order valence-corrected chi connectivity index (χ3v) is 4.68. The van der Waals surface area contributed by atoms with Gasteiger partial charge in [-0.2, -0.15) is 0 Å². The lowest BCUT2D eigenvalue weighted by molar-refractivity contribution is 1.19. The molecule has 5 heteroatoms. The van der Waals surface area contributed by atoms with Crippen molar-refractivity contribution in [2.24, 2.45) is 0 Å². The second kappa shape index (κ2) is 5.04. The van der Waals surface area contributed by atoms with Crippen LogP contribution in [-0.2, 0) is 6.42 Å². The predicted molar refractivity (Wildman–Crippen MR) is 86.4 cm³/mol. The molecule has 0 spiro atoms. The van der Waals surface area contributed by atoms with Crippen molar-refractivity contribution in [3.05, 3.63) is 40.0 Å². The van der Waals surface area contributed by atoms with Crippen LogP contribution in [0, 0.1) is 6.92 Å². The third-order valence-electron chi connectivity index (χ3n) is 3.29. The molecule has 2 aromatic heterocycles. The summed E-state index contributed by atoms with van der Waals surface area (Å²) in [5, 5.41) is 1.12.